The van der Waals surface area contributed by atoms with Crippen molar-refractivity contribution in [2.24, 2.45) is 5.92 Å². The maximum Gasteiger partial charge on any atom is 0.242 e. The first-order chi connectivity index (χ1) is 13.3. The maximum atomic E-state index is 13.2. The van der Waals surface area contributed by atoms with E-state index in [1.165, 1.54) is 17.0 Å². The Labute approximate surface area is 165 Å². The van der Waals surface area contributed by atoms with Gasteiger partial charge in [0.05, 0.1) is 7.11 Å². The van der Waals surface area contributed by atoms with E-state index in [4.69, 9.17) is 4.74 Å². The maximum absolute atomic E-state index is 13.2. The lowest BCUT2D eigenvalue weighted by Crippen LogP contribution is -2.48. The van der Waals surface area contributed by atoms with Crippen molar-refractivity contribution in [1.82, 2.24) is 10.2 Å². The van der Waals surface area contributed by atoms with Gasteiger partial charge in [-0.1, -0.05) is 38.1 Å². The number of carbonyl (C=O) groups excluding carboxylic acids is 2. The number of nitrogens with one attached hydrogen (secondary N) is 1. The fourth-order valence-corrected chi connectivity index (χ4v) is 2.75. The molecule has 0 aliphatic carbocycles. The minimum absolute atomic E-state index is 0.128. The molecule has 0 aliphatic heterocycles. The van der Waals surface area contributed by atoms with Gasteiger partial charge in [0.25, 0.3) is 0 Å². The van der Waals surface area contributed by atoms with E-state index in [1.807, 2.05) is 24.3 Å². The van der Waals surface area contributed by atoms with Crippen molar-refractivity contribution >= 4 is 11.8 Å². The summed E-state index contributed by atoms with van der Waals surface area (Å²) in [4.78, 5) is 26.9. The van der Waals surface area contributed by atoms with Gasteiger partial charge in [0.1, 0.15) is 17.6 Å². The number of methoxy groups -OCH3 is 1. The molecular weight excluding hydrogens is 359 g/mol. The lowest BCUT2D eigenvalue weighted by atomic mass is 10.1. The fraction of sp³-hybridized carbons (Fsp3) is 0.364. The van der Waals surface area contributed by atoms with Crippen LogP contribution in [0.25, 0.3) is 0 Å². The van der Waals surface area contributed by atoms with Gasteiger partial charge >= 0.3 is 0 Å². The molecule has 0 saturated carbocycles. The first-order valence-electron chi connectivity index (χ1n) is 9.27. The minimum atomic E-state index is -0.654. The first kappa shape index (κ1) is 21.4. The quantitative estimate of drug-likeness (QED) is 0.755. The number of hydrogen-bond acceptors (Lipinski definition) is 3. The van der Waals surface area contributed by atoms with Gasteiger partial charge in [-0.2, -0.15) is 0 Å². The van der Waals surface area contributed by atoms with Gasteiger partial charge in [-0.15, -0.1) is 0 Å². The zero-order chi connectivity index (χ0) is 20.7. The van der Waals surface area contributed by atoms with E-state index in [2.05, 4.69) is 5.32 Å². The molecule has 5 nitrogen and oxygen atoms in total. The van der Waals surface area contributed by atoms with Gasteiger partial charge in [-0.25, -0.2) is 4.39 Å². The van der Waals surface area contributed by atoms with Crippen LogP contribution < -0.4 is 10.1 Å². The number of nitrogens with zero attached hydrogens (tertiary/aromatic N) is 1. The summed E-state index contributed by atoms with van der Waals surface area (Å²) in [6.07, 6.45) is 0. The Morgan fingerprint density at radius 2 is 1.57 bits per heavy atom. The lowest BCUT2D eigenvalue weighted by Gasteiger charge is -2.30. The summed E-state index contributed by atoms with van der Waals surface area (Å²) in [6.45, 7) is 5.89. The zero-order valence-corrected chi connectivity index (χ0v) is 16.7. The Kier molecular flexibility index (Phi) is 7.55. The van der Waals surface area contributed by atoms with Gasteiger partial charge in [0, 0.05) is 19.0 Å². The van der Waals surface area contributed by atoms with Crippen LogP contribution in [0.2, 0.25) is 0 Å². The molecule has 150 valence electrons. The van der Waals surface area contributed by atoms with Crippen LogP contribution in [0.3, 0.4) is 0 Å². The van der Waals surface area contributed by atoms with E-state index in [-0.39, 0.29) is 30.1 Å². The standard InChI is InChI=1S/C22H27FN2O3/c1-15(2)22(27)25(14-18-5-9-19(23)10-6-18)16(3)21(26)24-13-17-7-11-20(28-4)12-8-17/h5-12,15-16H,13-14H2,1-4H3,(H,24,26). The number of carbonyl (C=O) groups is 2. The summed E-state index contributed by atoms with van der Waals surface area (Å²) in [7, 11) is 1.60. The third-order valence-electron chi connectivity index (χ3n) is 4.52. The number of halogens is 1. The summed E-state index contributed by atoms with van der Waals surface area (Å²) >= 11 is 0. The Morgan fingerprint density at radius 1 is 1.00 bits per heavy atom. The van der Waals surface area contributed by atoms with Gasteiger partial charge in [-0.3, -0.25) is 9.59 Å². The molecule has 1 atom stereocenters. The predicted octanol–water partition coefficient (Wildman–Crippen LogP) is 3.52. The van der Waals surface area contributed by atoms with E-state index in [0.29, 0.717) is 6.54 Å². The SMILES string of the molecule is COc1ccc(CNC(=O)C(C)N(Cc2ccc(F)cc2)C(=O)C(C)C)cc1. The van der Waals surface area contributed by atoms with Crippen molar-refractivity contribution in [3.05, 3.63) is 65.5 Å². The number of amides is 2. The molecule has 0 radical (unpaired) electrons. The van der Waals surface area contributed by atoms with Crippen molar-refractivity contribution in [2.75, 3.05) is 7.11 Å². The second kappa shape index (κ2) is 9.88. The Morgan fingerprint density at radius 3 is 2.11 bits per heavy atom. The average Bonchev–Trinajstić information content (AvgIpc) is 2.70. The third-order valence-corrected chi connectivity index (χ3v) is 4.52. The lowest BCUT2D eigenvalue weighted by molar-refractivity contribution is -0.143. The fourth-order valence-electron chi connectivity index (χ4n) is 2.75. The van der Waals surface area contributed by atoms with Crippen LogP contribution in [0.5, 0.6) is 5.75 Å². The largest absolute Gasteiger partial charge is 0.497 e. The first-order valence-corrected chi connectivity index (χ1v) is 9.27. The summed E-state index contributed by atoms with van der Waals surface area (Å²) < 4.78 is 18.3. The molecule has 1 N–H and O–H groups in total. The molecule has 2 amide bonds. The molecule has 28 heavy (non-hydrogen) atoms. The molecular formula is C22H27FN2O3. The van der Waals surface area contributed by atoms with Crippen molar-refractivity contribution in [2.45, 2.75) is 39.9 Å². The molecule has 0 aliphatic rings. The van der Waals surface area contributed by atoms with E-state index in [0.717, 1.165) is 16.9 Å². The van der Waals surface area contributed by atoms with E-state index < -0.39 is 6.04 Å². The van der Waals surface area contributed by atoms with Crippen molar-refractivity contribution in [3.63, 3.8) is 0 Å². The van der Waals surface area contributed by atoms with Crippen LogP contribution in [-0.2, 0) is 22.7 Å². The molecule has 2 aromatic carbocycles. The summed E-state index contributed by atoms with van der Waals surface area (Å²) in [5.41, 5.74) is 1.70. The molecule has 0 spiro atoms. The molecule has 0 bridgehead atoms. The van der Waals surface area contributed by atoms with Gasteiger partial charge in [0.2, 0.25) is 11.8 Å². The van der Waals surface area contributed by atoms with Crippen LogP contribution in [0, 0.1) is 11.7 Å². The van der Waals surface area contributed by atoms with E-state index in [9.17, 15) is 14.0 Å². The topological polar surface area (TPSA) is 58.6 Å². The van der Waals surface area contributed by atoms with E-state index in [1.54, 1.807) is 40.0 Å². The summed E-state index contributed by atoms with van der Waals surface area (Å²) in [6, 6.07) is 12.7. The number of benzene rings is 2. The second-order valence-corrected chi connectivity index (χ2v) is 6.99. The molecule has 2 aromatic rings. The summed E-state index contributed by atoms with van der Waals surface area (Å²) in [5, 5.41) is 2.87. The number of rotatable bonds is 8. The van der Waals surface area contributed by atoms with Crippen LogP contribution in [0.4, 0.5) is 4.39 Å². The second-order valence-electron chi connectivity index (χ2n) is 6.99. The molecule has 1 unspecified atom stereocenters. The summed E-state index contributed by atoms with van der Waals surface area (Å²) in [5.74, 6) is -0.215. The molecule has 6 heteroatoms. The zero-order valence-electron chi connectivity index (χ0n) is 16.7. The van der Waals surface area contributed by atoms with Crippen molar-refractivity contribution < 1.29 is 18.7 Å². The van der Waals surface area contributed by atoms with Crippen molar-refractivity contribution in [3.8, 4) is 5.75 Å². The third kappa shape index (κ3) is 5.81. The van der Waals surface area contributed by atoms with Gasteiger partial charge < -0.3 is 15.0 Å². The average molecular weight is 386 g/mol. The Balaban J connectivity index is 2.06. The monoisotopic (exact) mass is 386 g/mol. The highest BCUT2D eigenvalue weighted by atomic mass is 19.1. The molecule has 2 rings (SSSR count). The van der Waals surface area contributed by atoms with E-state index >= 15 is 0 Å². The Hall–Kier alpha value is -2.89. The predicted molar refractivity (Wildman–Crippen MR) is 106 cm³/mol. The van der Waals surface area contributed by atoms with Crippen LogP contribution >= 0.6 is 0 Å². The smallest absolute Gasteiger partial charge is 0.242 e. The van der Waals surface area contributed by atoms with Gasteiger partial charge in [0.15, 0.2) is 0 Å². The highest BCUT2D eigenvalue weighted by Crippen LogP contribution is 2.15. The van der Waals surface area contributed by atoms with Crippen molar-refractivity contribution in [1.29, 1.82) is 0 Å². The molecule has 0 fully saturated rings. The Bertz CT molecular complexity index is 788. The number of hydrogen-bond donors (Lipinski definition) is 1. The van der Waals surface area contributed by atoms with Crippen LogP contribution in [0.15, 0.2) is 48.5 Å². The minimum Gasteiger partial charge on any atom is -0.497 e. The molecule has 0 aromatic heterocycles. The molecule has 0 saturated heterocycles. The van der Waals surface area contributed by atoms with Gasteiger partial charge in [-0.05, 0) is 42.3 Å². The number of ether oxygens (including phenoxy) is 1. The van der Waals surface area contributed by atoms with Crippen LogP contribution in [-0.4, -0.2) is 29.9 Å². The highest BCUT2D eigenvalue weighted by molar-refractivity contribution is 5.88. The normalized spacial score (nSPS) is 11.8. The highest BCUT2D eigenvalue weighted by Gasteiger charge is 2.27. The van der Waals surface area contributed by atoms with Crippen LogP contribution in [0.1, 0.15) is 31.9 Å². The molecule has 0 heterocycles.